The van der Waals surface area contributed by atoms with Crippen LogP contribution in [0.5, 0.6) is 5.75 Å². The van der Waals surface area contributed by atoms with E-state index in [2.05, 4.69) is 21.2 Å². The van der Waals surface area contributed by atoms with Crippen molar-refractivity contribution in [1.29, 1.82) is 0 Å². The van der Waals surface area contributed by atoms with Crippen molar-refractivity contribution >= 4 is 49.2 Å². The van der Waals surface area contributed by atoms with Crippen LogP contribution in [0, 0.1) is 5.92 Å². The summed E-state index contributed by atoms with van der Waals surface area (Å²) in [6, 6.07) is 11.2. The standard InChI is InChI=1S/C23H24BrClN2O5S/c1-32-21-9-4-17(24)14-20(21)23(29)27-12-10-16(15-27)22(28)26-11-2-3-13-33(30,31)19-7-5-18(25)6-8-19/h3-9,13-14,16H,2,10-12,15H2,1H3,(H,26,28)/b13-3+/t16-/m0/s1. The van der Waals surface area contributed by atoms with E-state index >= 15 is 0 Å². The minimum absolute atomic E-state index is 0.152. The predicted octanol–water partition coefficient (Wildman–Crippen LogP) is 4.07. The molecule has 7 nitrogen and oxygen atoms in total. The molecule has 3 rings (SSSR count). The number of carbonyl (C=O) groups excluding carboxylic acids is 2. The zero-order valence-corrected chi connectivity index (χ0v) is 21.1. The molecule has 1 aliphatic heterocycles. The van der Waals surface area contributed by atoms with Gasteiger partial charge < -0.3 is 15.0 Å². The third-order valence-electron chi connectivity index (χ3n) is 5.27. The van der Waals surface area contributed by atoms with Gasteiger partial charge in [-0.05, 0) is 55.3 Å². The Labute approximate surface area is 206 Å². The number of nitrogens with zero attached hydrogens (tertiary/aromatic N) is 1. The summed E-state index contributed by atoms with van der Waals surface area (Å²) in [5.74, 6) is -0.162. The Balaban J connectivity index is 1.48. The maximum absolute atomic E-state index is 12.9. The number of likely N-dealkylation sites (tertiary alicyclic amines) is 1. The van der Waals surface area contributed by atoms with E-state index in [4.69, 9.17) is 16.3 Å². The largest absolute Gasteiger partial charge is 0.496 e. The van der Waals surface area contributed by atoms with E-state index in [9.17, 15) is 18.0 Å². The minimum atomic E-state index is -3.56. The van der Waals surface area contributed by atoms with Gasteiger partial charge in [0.05, 0.1) is 23.5 Å². The van der Waals surface area contributed by atoms with Crippen molar-refractivity contribution in [3.63, 3.8) is 0 Å². The van der Waals surface area contributed by atoms with E-state index < -0.39 is 9.84 Å². The molecule has 2 amide bonds. The topological polar surface area (TPSA) is 92.8 Å². The Kier molecular flexibility index (Phi) is 8.56. The van der Waals surface area contributed by atoms with Gasteiger partial charge in [0.25, 0.3) is 5.91 Å². The van der Waals surface area contributed by atoms with Crippen LogP contribution in [-0.4, -0.2) is 51.9 Å². The number of halogens is 2. The highest BCUT2D eigenvalue weighted by Gasteiger charge is 2.32. The Morgan fingerprint density at radius 3 is 2.67 bits per heavy atom. The zero-order chi connectivity index (χ0) is 24.0. The predicted molar refractivity (Wildman–Crippen MR) is 130 cm³/mol. The third kappa shape index (κ3) is 6.59. The zero-order valence-electron chi connectivity index (χ0n) is 18.0. The molecule has 0 saturated carbocycles. The van der Waals surface area contributed by atoms with E-state index in [-0.39, 0.29) is 22.6 Å². The molecule has 176 valence electrons. The van der Waals surface area contributed by atoms with Crippen LogP contribution >= 0.6 is 27.5 Å². The van der Waals surface area contributed by atoms with Gasteiger partial charge >= 0.3 is 0 Å². The number of rotatable bonds is 8. The lowest BCUT2D eigenvalue weighted by molar-refractivity contribution is -0.124. The minimum Gasteiger partial charge on any atom is -0.496 e. The summed E-state index contributed by atoms with van der Waals surface area (Å²) in [5.41, 5.74) is 0.444. The molecule has 1 atom stereocenters. The highest BCUT2D eigenvalue weighted by Crippen LogP contribution is 2.27. The van der Waals surface area contributed by atoms with Crippen molar-refractivity contribution in [3.8, 4) is 5.75 Å². The molecule has 1 heterocycles. The van der Waals surface area contributed by atoms with Crippen LogP contribution < -0.4 is 10.1 Å². The fourth-order valence-corrected chi connectivity index (χ4v) is 5.05. The van der Waals surface area contributed by atoms with Crippen LogP contribution in [0.2, 0.25) is 5.02 Å². The molecule has 2 aromatic carbocycles. The van der Waals surface area contributed by atoms with Crippen molar-refractivity contribution < 1.29 is 22.7 Å². The molecule has 33 heavy (non-hydrogen) atoms. The average molecular weight is 556 g/mol. The summed E-state index contributed by atoms with van der Waals surface area (Å²) >= 11 is 9.15. The van der Waals surface area contributed by atoms with Gasteiger partial charge in [-0.1, -0.05) is 33.6 Å². The molecular formula is C23H24BrClN2O5S. The molecule has 1 aliphatic rings. The quantitative estimate of drug-likeness (QED) is 0.496. The number of amides is 2. The van der Waals surface area contributed by atoms with Crippen LogP contribution in [0.1, 0.15) is 23.2 Å². The lowest BCUT2D eigenvalue weighted by atomic mass is 10.1. The van der Waals surface area contributed by atoms with E-state index in [0.29, 0.717) is 48.8 Å². The van der Waals surface area contributed by atoms with Gasteiger partial charge in [-0.15, -0.1) is 0 Å². The van der Waals surface area contributed by atoms with Crippen LogP contribution in [-0.2, 0) is 14.6 Å². The molecule has 0 unspecified atom stereocenters. The lowest BCUT2D eigenvalue weighted by Gasteiger charge is -2.18. The monoisotopic (exact) mass is 554 g/mol. The summed E-state index contributed by atoms with van der Waals surface area (Å²) in [7, 11) is -2.05. The van der Waals surface area contributed by atoms with Crippen LogP contribution in [0.4, 0.5) is 0 Å². The van der Waals surface area contributed by atoms with Gasteiger partial charge in [0.2, 0.25) is 5.91 Å². The molecule has 10 heteroatoms. The maximum Gasteiger partial charge on any atom is 0.257 e. The Morgan fingerprint density at radius 2 is 1.97 bits per heavy atom. The number of nitrogens with one attached hydrogen (secondary N) is 1. The van der Waals surface area contributed by atoms with Gasteiger partial charge in [0.1, 0.15) is 5.75 Å². The fraction of sp³-hybridized carbons (Fsp3) is 0.304. The smallest absolute Gasteiger partial charge is 0.257 e. The Bertz CT molecular complexity index is 1150. The second-order valence-corrected chi connectivity index (χ2v) is 10.7. The molecule has 0 aromatic heterocycles. The molecule has 0 spiro atoms. The van der Waals surface area contributed by atoms with Gasteiger partial charge in [-0.2, -0.15) is 0 Å². The first-order valence-corrected chi connectivity index (χ1v) is 13.0. The van der Waals surface area contributed by atoms with Crippen molar-refractivity contribution in [2.75, 3.05) is 26.7 Å². The molecule has 2 aromatic rings. The van der Waals surface area contributed by atoms with Gasteiger partial charge in [0, 0.05) is 34.5 Å². The second kappa shape index (κ2) is 11.2. The normalized spacial score (nSPS) is 16.2. The number of sulfone groups is 1. The number of hydrogen-bond donors (Lipinski definition) is 1. The molecular weight excluding hydrogens is 532 g/mol. The number of hydrogen-bond acceptors (Lipinski definition) is 5. The van der Waals surface area contributed by atoms with Gasteiger partial charge in [-0.25, -0.2) is 8.42 Å². The SMILES string of the molecule is COc1ccc(Br)cc1C(=O)N1CC[C@H](C(=O)NCC/C=C/S(=O)(=O)c2ccc(Cl)cc2)C1. The number of methoxy groups -OCH3 is 1. The van der Waals surface area contributed by atoms with E-state index in [0.717, 1.165) is 9.88 Å². The molecule has 0 bridgehead atoms. The first kappa shape index (κ1) is 25.3. The Hall–Kier alpha value is -2.36. The summed E-state index contributed by atoms with van der Waals surface area (Å²) in [6.45, 7) is 1.10. The van der Waals surface area contributed by atoms with E-state index in [1.807, 2.05) is 0 Å². The molecule has 0 radical (unpaired) electrons. The fourth-order valence-electron chi connectivity index (χ4n) is 3.50. The lowest BCUT2D eigenvalue weighted by Crippen LogP contribution is -2.35. The van der Waals surface area contributed by atoms with Crippen molar-refractivity contribution in [2.45, 2.75) is 17.7 Å². The molecule has 1 N–H and O–H groups in total. The van der Waals surface area contributed by atoms with Crippen LogP contribution in [0.15, 0.2) is 63.3 Å². The van der Waals surface area contributed by atoms with Crippen molar-refractivity contribution in [3.05, 3.63) is 69.0 Å². The maximum atomic E-state index is 12.9. The van der Waals surface area contributed by atoms with E-state index in [1.54, 1.807) is 23.1 Å². The molecule has 0 aliphatic carbocycles. The van der Waals surface area contributed by atoms with Crippen LogP contribution in [0.25, 0.3) is 0 Å². The highest BCUT2D eigenvalue weighted by atomic mass is 79.9. The van der Waals surface area contributed by atoms with E-state index in [1.165, 1.54) is 37.5 Å². The average Bonchev–Trinajstić information content (AvgIpc) is 3.29. The molecule has 1 saturated heterocycles. The summed E-state index contributed by atoms with van der Waals surface area (Å²) in [5, 5.41) is 4.41. The number of carbonyl (C=O) groups is 2. The summed E-state index contributed by atoms with van der Waals surface area (Å²) in [6.07, 6.45) is 2.44. The first-order chi connectivity index (χ1) is 15.7. The second-order valence-electron chi connectivity index (χ2n) is 7.53. The van der Waals surface area contributed by atoms with Gasteiger partial charge in [0.15, 0.2) is 9.84 Å². The first-order valence-electron chi connectivity index (χ1n) is 10.3. The molecule has 1 fully saturated rings. The van der Waals surface area contributed by atoms with Crippen molar-refractivity contribution in [1.82, 2.24) is 10.2 Å². The number of ether oxygens (including phenoxy) is 1. The number of benzene rings is 2. The Morgan fingerprint density at radius 1 is 1.24 bits per heavy atom. The van der Waals surface area contributed by atoms with Crippen LogP contribution in [0.3, 0.4) is 0 Å². The summed E-state index contributed by atoms with van der Waals surface area (Å²) in [4.78, 5) is 27.2. The third-order valence-corrected chi connectivity index (χ3v) is 7.49. The summed E-state index contributed by atoms with van der Waals surface area (Å²) < 4.78 is 30.6. The highest BCUT2D eigenvalue weighted by molar-refractivity contribution is 9.10. The van der Waals surface area contributed by atoms with Gasteiger partial charge in [-0.3, -0.25) is 9.59 Å². The van der Waals surface area contributed by atoms with Crippen molar-refractivity contribution in [2.24, 2.45) is 5.92 Å².